The number of carbonyl (C=O) groups is 2. The van der Waals surface area contributed by atoms with Gasteiger partial charge < -0.3 is 5.32 Å². The molecule has 1 aromatic carbocycles. The number of amides is 1. The van der Waals surface area contributed by atoms with Gasteiger partial charge in [0.05, 0.1) is 16.3 Å². The molecule has 0 bridgehead atoms. The van der Waals surface area contributed by atoms with Crippen LogP contribution in [-0.2, 0) is 4.79 Å². The summed E-state index contributed by atoms with van der Waals surface area (Å²) in [5.41, 5.74) is -1.33. The minimum absolute atomic E-state index is 0.0345. The lowest BCUT2D eigenvalue weighted by atomic mass is 10.2. The summed E-state index contributed by atoms with van der Waals surface area (Å²) in [5.74, 6) is -3.50. The van der Waals surface area contributed by atoms with E-state index in [-0.39, 0.29) is 6.29 Å². The second-order valence-electron chi connectivity index (χ2n) is 2.89. The molecule has 92 valence electrons. The molecule has 3 nitrogen and oxygen atoms in total. The highest BCUT2D eigenvalue weighted by molar-refractivity contribution is 6.31. The van der Waals surface area contributed by atoms with E-state index in [1.807, 2.05) is 0 Å². The van der Waals surface area contributed by atoms with Gasteiger partial charge in [0.1, 0.15) is 0 Å². The third kappa shape index (κ3) is 2.94. The lowest BCUT2D eigenvalue weighted by Gasteiger charge is -2.10. The third-order valence-electron chi connectivity index (χ3n) is 1.76. The molecule has 1 amide bonds. The number of halogens is 5. The van der Waals surface area contributed by atoms with E-state index in [4.69, 9.17) is 11.6 Å². The van der Waals surface area contributed by atoms with Gasteiger partial charge >= 0.3 is 12.1 Å². The molecule has 1 rings (SSSR count). The van der Waals surface area contributed by atoms with Crippen molar-refractivity contribution in [1.82, 2.24) is 0 Å². The summed E-state index contributed by atoms with van der Waals surface area (Å²) in [4.78, 5) is 21.1. The standard InChI is InChI=1S/C9H4ClF4NO2/c10-5-1-2-6(4(3-16)7(5)11)15-8(17)9(12,13)14/h1-3H,(H,15,17). The van der Waals surface area contributed by atoms with Gasteiger partial charge in [-0.3, -0.25) is 9.59 Å². The smallest absolute Gasteiger partial charge is 0.317 e. The highest BCUT2D eigenvalue weighted by Gasteiger charge is 2.39. The van der Waals surface area contributed by atoms with Gasteiger partial charge in [0, 0.05) is 0 Å². The molecule has 0 aromatic heterocycles. The van der Waals surface area contributed by atoms with E-state index in [0.29, 0.717) is 0 Å². The predicted octanol–water partition coefficient (Wildman–Crippen LogP) is 2.79. The maximum absolute atomic E-state index is 13.2. The van der Waals surface area contributed by atoms with Crippen molar-refractivity contribution in [3.05, 3.63) is 28.5 Å². The first-order valence-corrected chi connectivity index (χ1v) is 4.46. The number of hydrogen-bond donors (Lipinski definition) is 1. The molecular weight excluding hydrogens is 266 g/mol. The Bertz CT molecular complexity index is 473. The molecule has 0 saturated heterocycles. The van der Waals surface area contributed by atoms with Crippen LogP contribution in [-0.4, -0.2) is 18.4 Å². The average molecular weight is 270 g/mol. The molecular formula is C9H4ClF4NO2. The summed E-state index contributed by atoms with van der Waals surface area (Å²) >= 11 is 5.32. The Kier molecular flexibility index (Phi) is 3.72. The first-order valence-electron chi connectivity index (χ1n) is 4.08. The second-order valence-corrected chi connectivity index (χ2v) is 3.30. The molecule has 0 aliphatic carbocycles. The van der Waals surface area contributed by atoms with Crippen LogP contribution in [0.1, 0.15) is 10.4 Å². The summed E-state index contributed by atoms with van der Waals surface area (Å²) in [6.45, 7) is 0. The van der Waals surface area contributed by atoms with Gasteiger partial charge in [-0.2, -0.15) is 13.2 Å². The highest BCUT2D eigenvalue weighted by atomic mass is 35.5. The van der Waals surface area contributed by atoms with Crippen molar-refractivity contribution in [3.63, 3.8) is 0 Å². The zero-order valence-corrected chi connectivity index (χ0v) is 8.69. The SMILES string of the molecule is O=Cc1c(NC(=O)C(F)(F)F)ccc(Cl)c1F. The quantitative estimate of drug-likeness (QED) is 0.663. The molecule has 1 aromatic rings. The van der Waals surface area contributed by atoms with Crippen molar-refractivity contribution < 1.29 is 27.2 Å². The first kappa shape index (κ1) is 13.4. The molecule has 1 N–H and O–H groups in total. The fourth-order valence-electron chi connectivity index (χ4n) is 0.984. The Labute approximate surface area is 97.4 Å². The van der Waals surface area contributed by atoms with Crippen LogP contribution in [0.2, 0.25) is 5.02 Å². The molecule has 0 fully saturated rings. The monoisotopic (exact) mass is 269 g/mol. The van der Waals surface area contributed by atoms with Gasteiger partial charge in [-0.15, -0.1) is 0 Å². The Morgan fingerprint density at radius 3 is 2.41 bits per heavy atom. The van der Waals surface area contributed by atoms with Crippen LogP contribution in [0, 0.1) is 5.82 Å². The molecule has 0 spiro atoms. The van der Waals surface area contributed by atoms with Crippen molar-refractivity contribution in [2.24, 2.45) is 0 Å². The van der Waals surface area contributed by atoms with Crippen molar-refractivity contribution >= 4 is 29.5 Å². The Morgan fingerprint density at radius 2 is 1.94 bits per heavy atom. The van der Waals surface area contributed by atoms with Gasteiger partial charge in [0.25, 0.3) is 0 Å². The minimum atomic E-state index is -5.13. The van der Waals surface area contributed by atoms with Crippen LogP contribution in [0.15, 0.2) is 12.1 Å². The maximum Gasteiger partial charge on any atom is 0.471 e. The number of alkyl halides is 3. The number of nitrogens with one attached hydrogen (secondary N) is 1. The molecule has 0 atom stereocenters. The molecule has 0 saturated carbocycles. The summed E-state index contributed by atoms with van der Waals surface area (Å²) in [6.07, 6.45) is -5.16. The number of carbonyl (C=O) groups excluding carboxylic acids is 2. The second kappa shape index (κ2) is 4.70. The molecule has 0 radical (unpaired) electrons. The van der Waals surface area contributed by atoms with E-state index in [2.05, 4.69) is 0 Å². The fourth-order valence-corrected chi connectivity index (χ4v) is 1.15. The third-order valence-corrected chi connectivity index (χ3v) is 2.05. The number of benzene rings is 1. The molecule has 17 heavy (non-hydrogen) atoms. The van der Waals surface area contributed by atoms with Crippen molar-refractivity contribution in [2.45, 2.75) is 6.18 Å². The van der Waals surface area contributed by atoms with Gasteiger partial charge in [0.2, 0.25) is 0 Å². The van der Waals surface area contributed by atoms with E-state index in [1.165, 1.54) is 5.32 Å². The number of anilines is 1. The molecule has 0 aliphatic rings. The van der Waals surface area contributed by atoms with Gasteiger partial charge in [-0.05, 0) is 12.1 Å². The Hall–Kier alpha value is -1.63. The van der Waals surface area contributed by atoms with Crippen LogP contribution in [0.25, 0.3) is 0 Å². The maximum atomic E-state index is 13.2. The molecule has 0 unspecified atom stereocenters. The number of hydrogen-bond acceptors (Lipinski definition) is 2. The Balaban J connectivity index is 3.12. The van der Waals surface area contributed by atoms with Gasteiger partial charge in [-0.1, -0.05) is 11.6 Å². The van der Waals surface area contributed by atoms with E-state index in [0.717, 1.165) is 12.1 Å². The first-order chi connectivity index (χ1) is 7.77. The van der Waals surface area contributed by atoms with E-state index in [1.54, 1.807) is 0 Å². The average Bonchev–Trinajstić information content (AvgIpc) is 2.22. The predicted molar refractivity (Wildman–Crippen MR) is 51.5 cm³/mol. The van der Waals surface area contributed by atoms with Gasteiger partial charge in [-0.25, -0.2) is 4.39 Å². The Morgan fingerprint density at radius 1 is 1.35 bits per heavy atom. The van der Waals surface area contributed by atoms with Crippen LogP contribution >= 0.6 is 11.6 Å². The number of aldehydes is 1. The molecule has 0 heterocycles. The molecule has 0 aliphatic heterocycles. The lowest BCUT2D eigenvalue weighted by molar-refractivity contribution is -0.167. The molecule has 8 heteroatoms. The summed E-state index contributed by atoms with van der Waals surface area (Å²) < 4.78 is 49.0. The minimum Gasteiger partial charge on any atom is -0.317 e. The van der Waals surface area contributed by atoms with Crippen molar-refractivity contribution in [2.75, 3.05) is 5.32 Å². The van der Waals surface area contributed by atoms with Crippen LogP contribution in [0.4, 0.5) is 23.2 Å². The summed E-state index contributed by atoms with van der Waals surface area (Å²) in [7, 11) is 0. The highest BCUT2D eigenvalue weighted by Crippen LogP contribution is 2.26. The number of rotatable bonds is 2. The summed E-state index contributed by atoms with van der Waals surface area (Å²) in [6, 6.07) is 1.83. The van der Waals surface area contributed by atoms with Gasteiger partial charge in [0.15, 0.2) is 12.1 Å². The van der Waals surface area contributed by atoms with Crippen LogP contribution in [0.5, 0.6) is 0 Å². The zero-order chi connectivity index (χ0) is 13.2. The van der Waals surface area contributed by atoms with Crippen molar-refractivity contribution in [1.29, 1.82) is 0 Å². The summed E-state index contributed by atoms with van der Waals surface area (Å²) in [5, 5.41) is 0.942. The zero-order valence-electron chi connectivity index (χ0n) is 7.94. The largest absolute Gasteiger partial charge is 0.471 e. The lowest BCUT2D eigenvalue weighted by Crippen LogP contribution is -2.30. The van der Waals surface area contributed by atoms with Crippen LogP contribution in [0.3, 0.4) is 0 Å². The van der Waals surface area contributed by atoms with E-state index < -0.39 is 34.2 Å². The van der Waals surface area contributed by atoms with E-state index >= 15 is 0 Å². The van der Waals surface area contributed by atoms with Crippen molar-refractivity contribution in [3.8, 4) is 0 Å². The van der Waals surface area contributed by atoms with Crippen LogP contribution < -0.4 is 5.32 Å². The normalized spacial score (nSPS) is 11.1. The topological polar surface area (TPSA) is 46.2 Å². The fraction of sp³-hybridized carbons (Fsp3) is 0.111. The van der Waals surface area contributed by atoms with E-state index in [9.17, 15) is 27.2 Å².